The quantitative estimate of drug-likeness (QED) is 0.669. The molecule has 15 heavy (non-hydrogen) atoms. The van der Waals surface area contributed by atoms with Crippen molar-refractivity contribution in [3.63, 3.8) is 0 Å². The molecule has 1 unspecified atom stereocenters. The average molecular weight is 245 g/mol. The van der Waals surface area contributed by atoms with E-state index < -0.39 is 24.6 Å². The smallest absolute Gasteiger partial charge is 0.403 e. The average Bonchev–Trinajstić information content (AvgIpc) is 2.08. The summed E-state index contributed by atoms with van der Waals surface area (Å²) in [4.78, 5) is 10.3. The third-order valence-corrected chi connectivity index (χ3v) is 2.44. The van der Waals surface area contributed by atoms with Gasteiger partial charge in [0.1, 0.15) is 0 Å². The lowest BCUT2D eigenvalue weighted by atomic mass is 10.1. The van der Waals surface area contributed by atoms with Crippen molar-refractivity contribution in [2.75, 3.05) is 25.1 Å². The second-order valence-corrected chi connectivity index (χ2v) is 3.97. The van der Waals surface area contributed by atoms with E-state index in [0.29, 0.717) is 6.54 Å². The van der Waals surface area contributed by atoms with Gasteiger partial charge < -0.3 is 10.4 Å². The lowest BCUT2D eigenvalue weighted by molar-refractivity contribution is -0.192. The number of hydrogen-bond donors (Lipinski definition) is 2. The summed E-state index contributed by atoms with van der Waals surface area (Å²) in [7, 11) is 0. The van der Waals surface area contributed by atoms with E-state index in [9.17, 15) is 18.0 Å². The zero-order valence-corrected chi connectivity index (χ0v) is 9.12. The number of thioether (sulfide) groups is 1. The van der Waals surface area contributed by atoms with Crippen LogP contribution in [0.1, 0.15) is 6.42 Å². The summed E-state index contributed by atoms with van der Waals surface area (Å²) in [5.74, 6) is -3.30. The maximum atomic E-state index is 12.1. The van der Waals surface area contributed by atoms with Crippen molar-refractivity contribution >= 4 is 17.7 Å². The molecule has 0 aliphatic rings. The zero-order chi connectivity index (χ0) is 11.9. The van der Waals surface area contributed by atoms with Gasteiger partial charge in [0.25, 0.3) is 0 Å². The molecule has 0 bridgehead atoms. The van der Waals surface area contributed by atoms with Crippen molar-refractivity contribution in [2.45, 2.75) is 12.6 Å². The first-order chi connectivity index (χ1) is 6.89. The van der Waals surface area contributed by atoms with E-state index in [2.05, 4.69) is 5.32 Å². The number of carbonyl (C=O) groups is 1. The van der Waals surface area contributed by atoms with Crippen molar-refractivity contribution < 1.29 is 23.1 Å². The molecule has 90 valence electrons. The van der Waals surface area contributed by atoms with Crippen molar-refractivity contribution in [1.82, 2.24) is 5.32 Å². The van der Waals surface area contributed by atoms with Crippen LogP contribution in [0, 0.1) is 5.92 Å². The highest BCUT2D eigenvalue weighted by molar-refractivity contribution is 7.98. The van der Waals surface area contributed by atoms with E-state index in [1.165, 1.54) is 0 Å². The summed E-state index contributed by atoms with van der Waals surface area (Å²) in [5.41, 5.74) is 0. The van der Waals surface area contributed by atoms with E-state index in [-0.39, 0.29) is 0 Å². The van der Waals surface area contributed by atoms with Crippen LogP contribution in [0.15, 0.2) is 0 Å². The van der Waals surface area contributed by atoms with Gasteiger partial charge in [0.05, 0.1) is 0 Å². The van der Waals surface area contributed by atoms with Gasteiger partial charge in [-0.1, -0.05) is 0 Å². The summed E-state index contributed by atoms with van der Waals surface area (Å²) in [6.45, 7) is -0.159. The van der Waals surface area contributed by atoms with Gasteiger partial charge in [-0.15, -0.1) is 0 Å². The van der Waals surface area contributed by atoms with E-state index in [1.807, 2.05) is 6.26 Å². The Balaban J connectivity index is 3.84. The first-order valence-electron chi connectivity index (χ1n) is 4.38. The topological polar surface area (TPSA) is 49.3 Å². The number of hydrogen-bond acceptors (Lipinski definition) is 3. The first kappa shape index (κ1) is 14.6. The third kappa shape index (κ3) is 6.62. The Morgan fingerprint density at radius 2 is 2.13 bits per heavy atom. The second-order valence-electron chi connectivity index (χ2n) is 2.98. The highest BCUT2D eigenvalue weighted by Crippen LogP contribution is 2.25. The van der Waals surface area contributed by atoms with Gasteiger partial charge >= 0.3 is 12.1 Å². The second kappa shape index (κ2) is 6.95. The highest BCUT2D eigenvalue weighted by Gasteiger charge is 2.44. The molecule has 0 aromatic carbocycles. The molecule has 0 saturated carbocycles. The highest BCUT2D eigenvalue weighted by atomic mass is 32.2. The lowest BCUT2D eigenvalue weighted by Gasteiger charge is -2.16. The molecule has 0 aliphatic heterocycles. The van der Waals surface area contributed by atoms with Crippen molar-refractivity contribution in [1.29, 1.82) is 0 Å². The Hall–Kier alpha value is -0.430. The Morgan fingerprint density at radius 3 is 2.53 bits per heavy atom. The first-order valence-corrected chi connectivity index (χ1v) is 5.78. The normalized spacial score (nSPS) is 13.9. The third-order valence-electron chi connectivity index (χ3n) is 1.74. The van der Waals surface area contributed by atoms with Crippen LogP contribution >= 0.6 is 11.8 Å². The van der Waals surface area contributed by atoms with Gasteiger partial charge in [-0.05, 0) is 25.0 Å². The SMILES string of the molecule is CSCCCNCC(C(=O)O)C(F)(F)F. The molecule has 3 nitrogen and oxygen atoms in total. The van der Waals surface area contributed by atoms with Gasteiger partial charge in [-0.2, -0.15) is 24.9 Å². The minimum Gasteiger partial charge on any atom is -0.481 e. The molecule has 0 aromatic rings. The van der Waals surface area contributed by atoms with E-state index in [4.69, 9.17) is 5.11 Å². The molecule has 0 spiro atoms. The summed E-state index contributed by atoms with van der Waals surface area (Å²) < 4.78 is 36.4. The van der Waals surface area contributed by atoms with Gasteiger partial charge in [0.15, 0.2) is 5.92 Å². The molecule has 0 saturated heterocycles. The van der Waals surface area contributed by atoms with Crippen LogP contribution in [0.25, 0.3) is 0 Å². The van der Waals surface area contributed by atoms with Crippen LogP contribution in [-0.2, 0) is 4.79 Å². The minimum atomic E-state index is -4.68. The Labute approximate surface area is 90.4 Å². The lowest BCUT2D eigenvalue weighted by Crippen LogP contribution is -2.39. The predicted octanol–water partition coefficient (Wildman–Crippen LogP) is 1.59. The van der Waals surface area contributed by atoms with Crippen LogP contribution in [0.2, 0.25) is 0 Å². The van der Waals surface area contributed by atoms with Crippen LogP contribution in [0.4, 0.5) is 13.2 Å². The molecule has 0 heterocycles. The fraction of sp³-hybridized carbons (Fsp3) is 0.875. The Morgan fingerprint density at radius 1 is 1.53 bits per heavy atom. The van der Waals surface area contributed by atoms with Gasteiger partial charge in [0.2, 0.25) is 0 Å². The van der Waals surface area contributed by atoms with Gasteiger partial charge in [-0.3, -0.25) is 4.79 Å². The van der Waals surface area contributed by atoms with Crippen LogP contribution in [0.5, 0.6) is 0 Å². The van der Waals surface area contributed by atoms with E-state index in [0.717, 1.165) is 12.2 Å². The molecular weight excluding hydrogens is 231 g/mol. The maximum absolute atomic E-state index is 12.1. The molecular formula is C8H14F3NO2S. The number of alkyl halides is 3. The molecule has 0 fully saturated rings. The standard InChI is InChI=1S/C8H14F3NO2S/c1-15-4-2-3-12-5-6(7(13)14)8(9,10)11/h6,12H,2-5H2,1H3,(H,13,14). The van der Waals surface area contributed by atoms with Gasteiger partial charge in [0, 0.05) is 6.54 Å². The molecule has 0 aliphatic carbocycles. The Kier molecular flexibility index (Phi) is 6.75. The van der Waals surface area contributed by atoms with Crippen molar-refractivity contribution in [2.24, 2.45) is 5.92 Å². The molecule has 0 rings (SSSR count). The summed E-state index contributed by atoms with van der Waals surface area (Å²) >= 11 is 1.59. The molecule has 0 aromatic heterocycles. The van der Waals surface area contributed by atoms with E-state index in [1.54, 1.807) is 11.8 Å². The van der Waals surface area contributed by atoms with Crippen LogP contribution in [0.3, 0.4) is 0 Å². The summed E-state index contributed by atoms with van der Waals surface area (Å²) in [6, 6.07) is 0. The predicted molar refractivity (Wildman–Crippen MR) is 53.0 cm³/mol. The van der Waals surface area contributed by atoms with E-state index >= 15 is 0 Å². The number of nitrogens with one attached hydrogen (secondary N) is 1. The molecule has 0 radical (unpaired) electrons. The number of aliphatic carboxylic acids is 1. The van der Waals surface area contributed by atoms with Crippen LogP contribution in [-0.4, -0.2) is 42.4 Å². The van der Waals surface area contributed by atoms with Crippen LogP contribution < -0.4 is 5.32 Å². The monoisotopic (exact) mass is 245 g/mol. The largest absolute Gasteiger partial charge is 0.481 e. The number of rotatable bonds is 7. The number of halogens is 3. The number of carboxylic acid groups (broad SMARTS) is 1. The minimum absolute atomic E-state index is 0.403. The number of carboxylic acids is 1. The summed E-state index contributed by atoms with van der Waals surface area (Å²) in [5, 5.41) is 10.8. The van der Waals surface area contributed by atoms with Crippen molar-refractivity contribution in [3.05, 3.63) is 0 Å². The zero-order valence-electron chi connectivity index (χ0n) is 8.30. The fourth-order valence-electron chi connectivity index (χ4n) is 0.931. The Bertz CT molecular complexity index is 199. The molecule has 2 N–H and O–H groups in total. The molecule has 7 heteroatoms. The fourth-order valence-corrected chi connectivity index (χ4v) is 1.36. The molecule has 1 atom stereocenters. The van der Waals surface area contributed by atoms with Crippen molar-refractivity contribution in [3.8, 4) is 0 Å². The molecule has 0 amide bonds. The summed E-state index contributed by atoms with van der Waals surface area (Å²) in [6.07, 6.45) is -2.06. The maximum Gasteiger partial charge on any atom is 0.403 e. The van der Waals surface area contributed by atoms with Gasteiger partial charge in [-0.25, -0.2) is 0 Å².